The van der Waals surface area contributed by atoms with Crippen LogP contribution in [-0.4, -0.2) is 56.6 Å². The number of benzene rings is 2. The van der Waals surface area contributed by atoms with Crippen LogP contribution in [-0.2, 0) is 26.2 Å². The Labute approximate surface area is 222 Å². The molecule has 8 nitrogen and oxygen atoms in total. The number of nitrogens with zero attached hydrogens (tertiary/aromatic N) is 2. The lowest BCUT2D eigenvalue weighted by atomic mass is 10.1. The Kier molecular flexibility index (Phi) is 11.4. The van der Waals surface area contributed by atoms with Gasteiger partial charge in [-0.2, -0.15) is 0 Å². The van der Waals surface area contributed by atoms with Gasteiger partial charge in [-0.3, -0.25) is 13.9 Å². The molecule has 0 unspecified atom stereocenters. The van der Waals surface area contributed by atoms with Gasteiger partial charge in [0.05, 0.1) is 18.6 Å². The van der Waals surface area contributed by atoms with Gasteiger partial charge in [0, 0.05) is 25.6 Å². The zero-order valence-corrected chi connectivity index (χ0v) is 23.7. The normalized spacial score (nSPS) is 12.2. The van der Waals surface area contributed by atoms with Gasteiger partial charge in [0.2, 0.25) is 21.8 Å². The summed E-state index contributed by atoms with van der Waals surface area (Å²) in [5.74, 6) is 0.281. The van der Waals surface area contributed by atoms with Crippen molar-refractivity contribution in [1.29, 1.82) is 0 Å². The Bertz CT molecular complexity index is 1120. The highest BCUT2D eigenvalue weighted by Gasteiger charge is 2.29. The second-order valence-corrected chi connectivity index (χ2v) is 11.4. The van der Waals surface area contributed by atoms with Crippen LogP contribution in [0.25, 0.3) is 0 Å². The molecular weight excluding hydrogens is 490 g/mol. The number of carbonyl (C=O) groups is 2. The maximum atomic E-state index is 13.5. The van der Waals surface area contributed by atoms with Crippen LogP contribution >= 0.6 is 0 Å². The van der Waals surface area contributed by atoms with E-state index in [1.165, 1.54) is 4.31 Å². The summed E-state index contributed by atoms with van der Waals surface area (Å²) in [5, 5.41) is 2.92. The number of ether oxygens (including phenoxy) is 1. The van der Waals surface area contributed by atoms with Gasteiger partial charge in [-0.05, 0) is 70.4 Å². The van der Waals surface area contributed by atoms with Crippen molar-refractivity contribution in [1.82, 2.24) is 10.2 Å². The Morgan fingerprint density at radius 2 is 1.62 bits per heavy atom. The Morgan fingerprint density at radius 1 is 1.00 bits per heavy atom. The minimum absolute atomic E-state index is 0.0460. The highest BCUT2D eigenvalue weighted by molar-refractivity contribution is 7.92. The van der Waals surface area contributed by atoms with Crippen LogP contribution in [0, 0.1) is 6.92 Å². The van der Waals surface area contributed by atoms with Crippen molar-refractivity contribution in [3.63, 3.8) is 0 Å². The standard InChI is InChI=1S/C28H41N3O5S/c1-7-26(28(33)29-21(3)4)30(20-23-13-11-22(5)12-14-23)27(32)10-9-19-31(37(6,34)35)24-15-17-25(18-16-24)36-8-2/h11-18,21,26H,7-10,19-20H2,1-6H3,(H,29,33)/t26-/m0/s1. The largest absolute Gasteiger partial charge is 0.494 e. The molecule has 1 N–H and O–H groups in total. The van der Waals surface area contributed by atoms with Gasteiger partial charge in [-0.15, -0.1) is 0 Å². The molecule has 0 spiro atoms. The summed E-state index contributed by atoms with van der Waals surface area (Å²) < 4.78 is 31.8. The van der Waals surface area contributed by atoms with Crippen molar-refractivity contribution < 1.29 is 22.7 Å². The van der Waals surface area contributed by atoms with Crippen LogP contribution in [0.3, 0.4) is 0 Å². The molecule has 1 atom stereocenters. The predicted octanol–water partition coefficient (Wildman–Crippen LogP) is 4.27. The van der Waals surface area contributed by atoms with Gasteiger partial charge in [0.1, 0.15) is 11.8 Å². The molecule has 0 saturated heterocycles. The van der Waals surface area contributed by atoms with Gasteiger partial charge >= 0.3 is 0 Å². The lowest BCUT2D eigenvalue weighted by Crippen LogP contribution is -2.50. The smallest absolute Gasteiger partial charge is 0.243 e. The first-order valence-electron chi connectivity index (χ1n) is 12.8. The van der Waals surface area contributed by atoms with E-state index in [1.807, 2.05) is 58.9 Å². The molecule has 0 aliphatic rings. The molecule has 37 heavy (non-hydrogen) atoms. The summed E-state index contributed by atoms with van der Waals surface area (Å²) in [5.41, 5.74) is 2.56. The molecule has 0 aliphatic carbocycles. The number of amides is 2. The molecule has 2 aromatic carbocycles. The molecule has 2 aromatic rings. The number of hydrogen-bond acceptors (Lipinski definition) is 5. The number of carbonyl (C=O) groups excluding carboxylic acids is 2. The molecule has 204 valence electrons. The summed E-state index contributed by atoms with van der Waals surface area (Å²) >= 11 is 0. The van der Waals surface area contributed by atoms with E-state index in [-0.39, 0.29) is 30.8 Å². The summed E-state index contributed by atoms with van der Waals surface area (Å²) in [6, 6.07) is 14.1. The zero-order chi connectivity index (χ0) is 27.6. The van der Waals surface area contributed by atoms with Crippen molar-refractivity contribution >= 4 is 27.5 Å². The molecule has 0 aliphatic heterocycles. The number of sulfonamides is 1. The van der Waals surface area contributed by atoms with Crippen LogP contribution in [0.5, 0.6) is 5.75 Å². The molecule has 0 radical (unpaired) electrons. The van der Waals surface area contributed by atoms with Crippen LogP contribution in [0.1, 0.15) is 58.1 Å². The SMILES string of the molecule is CCOc1ccc(N(CCCC(=O)N(Cc2ccc(C)cc2)[C@@H](CC)C(=O)NC(C)C)S(C)(=O)=O)cc1. The highest BCUT2D eigenvalue weighted by Crippen LogP contribution is 2.23. The fourth-order valence-electron chi connectivity index (χ4n) is 4.07. The number of rotatable bonds is 14. The third kappa shape index (κ3) is 9.39. The first-order valence-corrected chi connectivity index (χ1v) is 14.7. The number of nitrogens with one attached hydrogen (secondary N) is 1. The number of hydrogen-bond donors (Lipinski definition) is 1. The first kappa shape index (κ1) is 30.2. The average Bonchev–Trinajstić information content (AvgIpc) is 2.82. The molecule has 0 aromatic heterocycles. The topological polar surface area (TPSA) is 96.0 Å². The molecule has 2 amide bonds. The van der Waals surface area contributed by atoms with Crippen LogP contribution in [0.15, 0.2) is 48.5 Å². The monoisotopic (exact) mass is 531 g/mol. The second kappa shape index (κ2) is 14.0. The summed E-state index contributed by atoms with van der Waals surface area (Å²) in [6.07, 6.45) is 2.04. The maximum absolute atomic E-state index is 13.5. The van der Waals surface area contributed by atoms with Gasteiger partial charge in [0.15, 0.2) is 0 Å². The Hall–Kier alpha value is -3.07. The Balaban J connectivity index is 2.19. The van der Waals surface area contributed by atoms with Crippen LogP contribution in [0.4, 0.5) is 5.69 Å². The third-order valence-electron chi connectivity index (χ3n) is 5.88. The lowest BCUT2D eigenvalue weighted by molar-refractivity contribution is -0.141. The van der Waals surface area contributed by atoms with Crippen molar-refractivity contribution in [2.24, 2.45) is 0 Å². The lowest BCUT2D eigenvalue weighted by Gasteiger charge is -2.31. The van der Waals surface area contributed by atoms with E-state index < -0.39 is 16.1 Å². The van der Waals surface area contributed by atoms with E-state index in [1.54, 1.807) is 29.2 Å². The summed E-state index contributed by atoms with van der Waals surface area (Å²) in [6.45, 7) is 10.5. The van der Waals surface area contributed by atoms with Crippen molar-refractivity contribution in [2.45, 2.75) is 72.5 Å². The first-order chi connectivity index (χ1) is 17.5. The fourth-order valence-corrected chi connectivity index (χ4v) is 5.04. The Morgan fingerprint density at radius 3 is 2.14 bits per heavy atom. The molecule has 0 bridgehead atoms. The zero-order valence-electron chi connectivity index (χ0n) is 22.9. The van der Waals surface area contributed by atoms with Crippen LogP contribution < -0.4 is 14.4 Å². The van der Waals surface area contributed by atoms with Crippen molar-refractivity contribution in [3.8, 4) is 5.75 Å². The van der Waals surface area contributed by atoms with E-state index in [2.05, 4.69) is 5.32 Å². The molecular formula is C28H41N3O5S. The number of aryl methyl sites for hydroxylation is 1. The van der Waals surface area contributed by atoms with E-state index in [0.29, 0.717) is 37.4 Å². The molecule has 2 rings (SSSR count). The number of anilines is 1. The second-order valence-electron chi connectivity index (χ2n) is 9.46. The van der Waals surface area contributed by atoms with Gasteiger partial charge in [-0.25, -0.2) is 8.42 Å². The summed E-state index contributed by atoms with van der Waals surface area (Å²) in [7, 11) is -3.56. The van der Waals surface area contributed by atoms with E-state index >= 15 is 0 Å². The average molecular weight is 532 g/mol. The van der Waals surface area contributed by atoms with Gasteiger partial charge < -0.3 is 15.0 Å². The maximum Gasteiger partial charge on any atom is 0.243 e. The minimum atomic E-state index is -3.56. The molecule has 0 saturated carbocycles. The molecule has 0 heterocycles. The molecule has 9 heteroatoms. The van der Waals surface area contributed by atoms with Crippen LogP contribution in [0.2, 0.25) is 0 Å². The summed E-state index contributed by atoms with van der Waals surface area (Å²) in [4.78, 5) is 28.0. The minimum Gasteiger partial charge on any atom is -0.494 e. The van der Waals surface area contributed by atoms with E-state index in [9.17, 15) is 18.0 Å². The van der Waals surface area contributed by atoms with Gasteiger partial charge in [0.25, 0.3) is 0 Å². The molecule has 0 fully saturated rings. The fraction of sp³-hybridized carbons (Fsp3) is 0.500. The van der Waals surface area contributed by atoms with Crippen molar-refractivity contribution in [2.75, 3.05) is 23.7 Å². The predicted molar refractivity (Wildman–Crippen MR) is 148 cm³/mol. The van der Waals surface area contributed by atoms with E-state index in [0.717, 1.165) is 17.4 Å². The van der Waals surface area contributed by atoms with Gasteiger partial charge in [-0.1, -0.05) is 36.8 Å². The quantitative estimate of drug-likeness (QED) is 0.393. The third-order valence-corrected chi connectivity index (χ3v) is 7.07. The van der Waals surface area contributed by atoms with E-state index in [4.69, 9.17) is 4.74 Å². The highest BCUT2D eigenvalue weighted by atomic mass is 32.2. The van der Waals surface area contributed by atoms with Crippen molar-refractivity contribution in [3.05, 3.63) is 59.7 Å².